The van der Waals surface area contributed by atoms with Gasteiger partial charge in [0.1, 0.15) is 11.4 Å². The molecule has 2 rings (SSSR count). The minimum absolute atomic E-state index is 0.100. The maximum Gasteiger partial charge on any atom is 0.148 e. The number of rotatable bonds is 4. The van der Waals surface area contributed by atoms with Crippen molar-refractivity contribution in [1.29, 1.82) is 0 Å². The van der Waals surface area contributed by atoms with Gasteiger partial charge in [-0.25, -0.2) is 4.39 Å². The van der Waals surface area contributed by atoms with Crippen LogP contribution in [0.4, 0.5) is 4.39 Å². The second-order valence-electron chi connectivity index (χ2n) is 5.29. The standard InChI is InChI=1S/C19H19FO2/c1-19(22,13-3-2-4-14-21)17-9-5-15(6-10-17)16-7-11-18(20)12-8-16/h5-12,21-22H,2,4,14H2,1H3. The molecule has 2 nitrogen and oxygen atoms in total. The van der Waals surface area contributed by atoms with E-state index in [9.17, 15) is 9.50 Å². The van der Waals surface area contributed by atoms with Gasteiger partial charge in [-0.3, -0.25) is 0 Å². The number of aliphatic hydroxyl groups is 2. The van der Waals surface area contributed by atoms with Crippen molar-refractivity contribution in [2.75, 3.05) is 6.61 Å². The van der Waals surface area contributed by atoms with Crippen molar-refractivity contribution in [3.05, 3.63) is 59.9 Å². The number of halogens is 1. The lowest BCUT2D eigenvalue weighted by molar-refractivity contribution is 0.122. The Balaban J connectivity index is 2.16. The van der Waals surface area contributed by atoms with Gasteiger partial charge in [-0.1, -0.05) is 48.2 Å². The van der Waals surface area contributed by atoms with Crippen molar-refractivity contribution in [2.45, 2.75) is 25.4 Å². The number of aliphatic hydroxyl groups excluding tert-OH is 1. The zero-order chi connectivity index (χ0) is 16.0. The summed E-state index contributed by atoms with van der Waals surface area (Å²) < 4.78 is 12.9. The van der Waals surface area contributed by atoms with Gasteiger partial charge in [0.05, 0.1) is 0 Å². The highest BCUT2D eigenvalue weighted by molar-refractivity contribution is 5.63. The molecule has 3 heteroatoms. The lowest BCUT2D eigenvalue weighted by atomic mass is 9.94. The third-order valence-electron chi connectivity index (χ3n) is 3.42. The van der Waals surface area contributed by atoms with E-state index in [0.29, 0.717) is 18.4 Å². The summed E-state index contributed by atoms with van der Waals surface area (Å²) in [5, 5.41) is 19.1. The Morgan fingerprint density at radius 2 is 1.55 bits per heavy atom. The summed E-state index contributed by atoms with van der Waals surface area (Å²) >= 11 is 0. The Hall–Kier alpha value is -2.15. The molecule has 0 aromatic heterocycles. The van der Waals surface area contributed by atoms with Crippen molar-refractivity contribution >= 4 is 0 Å². The average Bonchev–Trinajstić information content (AvgIpc) is 2.52. The van der Waals surface area contributed by atoms with E-state index >= 15 is 0 Å². The third-order valence-corrected chi connectivity index (χ3v) is 3.42. The molecule has 0 aliphatic heterocycles. The van der Waals surface area contributed by atoms with Crippen LogP contribution in [-0.2, 0) is 5.60 Å². The fraction of sp³-hybridized carbons (Fsp3) is 0.263. The normalized spacial score (nSPS) is 13.1. The predicted octanol–water partition coefficient (Wildman–Crippen LogP) is 3.48. The highest BCUT2D eigenvalue weighted by Crippen LogP contribution is 2.25. The summed E-state index contributed by atoms with van der Waals surface area (Å²) in [5.41, 5.74) is 1.35. The molecule has 0 aliphatic carbocycles. The van der Waals surface area contributed by atoms with Crippen LogP contribution < -0.4 is 0 Å². The second-order valence-corrected chi connectivity index (χ2v) is 5.29. The molecule has 114 valence electrons. The molecule has 0 saturated heterocycles. The minimum Gasteiger partial charge on any atom is -0.396 e. The first kappa shape index (κ1) is 16.2. The van der Waals surface area contributed by atoms with Crippen LogP contribution in [0.15, 0.2) is 48.5 Å². The second kappa shape index (κ2) is 7.22. The molecule has 0 fully saturated rings. The van der Waals surface area contributed by atoms with Crippen LogP contribution in [0.1, 0.15) is 25.3 Å². The molecule has 0 heterocycles. The van der Waals surface area contributed by atoms with Crippen LogP contribution >= 0.6 is 0 Å². The van der Waals surface area contributed by atoms with E-state index < -0.39 is 5.60 Å². The summed E-state index contributed by atoms with van der Waals surface area (Å²) in [5.74, 6) is 5.44. The van der Waals surface area contributed by atoms with Crippen LogP contribution in [0.25, 0.3) is 11.1 Å². The lowest BCUT2D eigenvalue weighted by Crippen LogP contribution is -2.18. The molecule has 1 atom stereocenters. The zero-order valence-corrected chi connectivity index (χ0v) is 12.5. The maximum absolute atomic E-state index is 12.9. The summed E-state index contributed by atoms with van der Waals surface area (Å²) in [4.78, 5) is 0. The van der Waals surface area contributed by atoms with E-state index in [2.05, 4.69) is 11.8 Å². The smallest absolute Gasteiger partial charge is 0.148 e. The monoisotopic (exact) mass is 298 g/mol. The maximum atomic E-state index is 12.9. The number of hydrogen-bond donors (Lipinski definition) is 2. The number of hydrogen-bond acceptors (Lipinski definition) is 2. The lowest BCUT2D eigenvalue weighted by Gasteiger charge is -2.17. The SMILES string of the molecule is CC(O)(C#CCCCO)c1ccc(-c2ccc(F)cc2)cc1. The van der Waals surface area contributed by atoms with E-state index in [4.69, 9.17) is 5.11 Å². The van der Waals surface area contributed by atoms with Gasteiger partial charge in [0.25, 0.3) is 0 Å². The van der Waals surface area contributed by atoms with Crippen LogP contribution in [0.5, 0.6) is 0 Å². The molecule has 22 heavy (non-hydrogen) atoms. The molecule has 1 unspecified atom stereocenters. The fourth-order valence-electron chi connectivity index (χ4n) is 2.10. The first-order chi connectivity index (χ1) is 10.5. The fourth-order valence-corrected chi connectivity index (χ4v) is 2.10. The van der Waals surface area contributed by atoms with E-state index in [1.165, 1.54) is 12.1 Å². The highest BCUT2D eigenvalue weighted by Gasteiger charge is 2.19. The van der Waals surface area contributed by atoms with E-state index in [-0.39, 0.29) is 12.4 Å². The van der Waals surface area contributed by atoms with Gasteiger partial charge in [0.2, 0.25) is 0 Å². The Morgan fingerprint density at radius 3 is 2.09 bits per heavy atom. The largest absolute Gasteiger partial charge is 0.396 e. The van der Waals surface area contributed by atoms with Gasteiger partial charge in [-0.05, 0) is 42.2 Å². The van der Waals surface area contributed by atoms with Crippen molar-refractivity contribution in [1.82, 2.24) is 0 Å². The molecular weight excluding hydrogens is 279 g/mol. The summed E-state index contributed by atoms with van der Waals surface area (Å²) in [6, 6.07) is 13.7. The molecule has 2 aromatic rings. The first-order valence-corrected chi connectivity index (χ1v) is 7.23. The summed E-state index contributed by atoms with van der Waals surface area (Å²) in [6.07, 6.45) is 1.16. The molecule has 0 bridgehead atoms. The topological polar surface area (TPSA) is 40.5 Å². The molecule has 2 N–H and O–H groups in total. The van der Waals surface area contributed by atoms with Crippen LogP contribution in [0, 0.1) is 17.7 Å². The molecule has 0 spiro atoms. The Labute approximate surface area is 130 Å². The molecule has 0 amide bonds. The number of unbranched alkanes of at least 4 members (excludes halogenated alkanes) is 1. The predicted molar refractivity (Wildman–Crippen MR) is 85.5 cm³/mol. The van der Waals surface area contributed by atoms with Crippen LogP contribution in [0.2, 0.25) is 0 Å². The minimum atomic E-state index is -1.23. The van der Waals surface area contributed by atoms with E-state index in [1.807, 2.05) is 24.3 Å². The van der Waals surface area contributed by atoms with Crippen molar-refractivity contribution < 1.29 is 14.6 Å². The average molecular weight is 298 g/mol. The van der Waals surface area contributed by atoms with Crippen molar-refractivity contribution in [3.8, 4) is 23.0 Å². The number of benzene rings is 2. The Kier molecular flexibility index (Phi) is 5.32. The molecule has 0 radical (unpaired) electrons. The van der Waals surface area contributed by atoms with Gasteiger partial charge in [-0.2, -0.15) is 0 Å². The molecule has 0 saturated carbocycles. The Morgan fingerprint density at radius 1 is 1.00 bits per heavy atom. The zero-order valence-electron chi connectivity index (χ0n) is 12.5. The Bertz CT molecular complexity index is 661. The van der Waals surface area contributed by atoms with Crippen LogP contribution in [0.3, 0.4) is 0 Å². The molecular formula is C19H19FO2. The van der Waals surface area contributed by atoms with Gasteiger partial charge in [0, 0.05) is 13.0 Å². The van der Waals surface area contributed by atoms with Gasteiger partial charge in [-0.15, -0.1) is 0 Å². The highest BCUT2D eigenvalue weighted by atomic mass is 19.1. The van der Waals surface area contributed by atoms with Gasteiger partial charge < -0.3 is 10.2 Å². The van der Waals surface area contributed by atoms with Crippen LogP contribution in [-0.4, -0.2) is 16.8 Å². The molecule has 2 aromatic carbocycles. The quantitative estimate of drug-likeness (QED) is 0.670. The van der Waals surface area contributed by atoms with Gasteiger partial charge in [0.15, 0.2) is 0 Å². The van der Waals surface area contributed by atoms with Crippen molar-refractivity contribution in [2.24, 2.45) is 0 Å². The summed E-state index contributed by atoms with van der Waals surface area (Å²) in [7, 11) is 0. The van der Waals surface area contributed by atoms with E-state index in [1.54, 1.807) is 19.1 Å². The molecule has 0 aliphatic rings. The van der Waals surface area contributed by atoms with Crippen molar-refractivity contribution in [3.63, 3.8) is 0 Å². The summed E-state index contributed by atoms with van der Waals surface area (Å²) in [6.45, 7) is 1.75. The third kappa shape index (κ3) is 4.17. The van der Waals surface area contributed by atoms with E-state index in [0.717, 1.165) is 11.1 Å². The van der Waals surface area contributed by atoms with Gasteiger partial charge >= 0.3 is 0 Å². The first-order valence-electron chi connectivity index (χ1n) is 7.23.